The molecule has 3 rings (SSSR count). The number of benzene rings is 3. The Balaban J connectivity index is 1.55. The van der Waals surface area contributed by atoms with E-state index in [9.17, 15) is 0 Å². The van der Waals surface area contributed by atoms with Crippen molar-refractivity contribution >= 4 is 0 Å². The van der Waals surface area contributed by atoms with Crippen LogP contribution in [-0.2, 0) is 4.74 Å². The van der Waals surface area contributed by atoms with Crippen LogP contribution in [0, 0.1) is 0 Å². The van der Waals surface area contributed by atoms with Crippen LogP contribution in [0.4, 0.5) is 0 Å². The van der Waals surface area contributed by atoms with Gasteiger partial charge in [-0.15, -0.1) is 0 Å². The van der Waals surface area contributed by atoms with E-state index in [2.05, 4.69) is 93.6 Å². The van der Waals surface area contributed by atoms with Crippen molar-refractivity contribution in [2.45, 2.75) is 84.7 Å². The Kier molecular flexibility index (Phi) is 11.9. The molecule has 0 radical (unpaired) electrons. The van der Waals surface area contributed by atoms with Gasteiger partial charge in [-0.3, -0.25) is 0 Å². The van der Waals surface area contributed by atoms with Crippen LogP contribution in [-0.4, -0.2) is 13.2 Å². The largest absolute Gasteiger partial charge is 0.494 e. The van der Waals surface area contributed by atoms with Gasteiger partial charge in [-0.25, -0.2) is 0 Å². The second-order valence-electron chi connectivity index (χ2n) is 9.53. The Morgan fingerprint density at radius 1 is 0.571 bits per heavy atom. The van der Waals surface area contributed by atoms with E-state index >= 15 is 0 Å². The molecule has 0 N–H and O–H groups in total. The molecule has 0 amide bonds. The normalized spacial score (nSPS) is 12.0. The lowest BCUT2D eigenvalue weighted by molar-refractivity contribution is 0.0663. The minimum Gasteiger partial charge on any atom is -0.494 e. The molecule has 3 aromatic carbocycles. The number of unbranched alkanes of at least 4 members (excludes halogenated alkanes) is 7. The standard InChI is InChI=1S/C33H44O2/c1-4-6-7-8-9-10-11-14-26-35-31-23-21-30(22-24-31)33-16-13-12-15-32(33)29-19-17-28(18-20-29)27(3)34-25-5-2/h12-13,15-24,27H,4-11,14,25-26H2,1-3H3. The van der Waals surface area contributed by atoms with E-state index in [1.54, 1.807) is 0 Å². The van der Waals surface area contributed by atoms with Crippen LogP contribution in [0.2, 0.25) is 0 Å². The summed E-state index contributed by atoms with van der Waals surface area (Å²) < 4.78 is 11.9. The average molecular weight is 473 g/mol. The zero-order valence-electron chi connectivity index (χ0n) is 22.1. The lowest BCUT2D eigenvalue weighted by Gasteiger charge is -2.15. The fraction of sp³-hybridized carbons (Fsp3) is 0.455. The van der Waals surface area contributed by atoms with E-state index in [0.29, 0.717) is 0 Å². The molecule has 0 fully saturated rings. The van der Waals surface area contributed by atoms with Gasteiger partial charge in [0, 0.05) is 6.61 Å². The summed E-state index contributed by atoms with van der Waals surface area (Å²) >= 11 is 0. The summed E-state index contributed by atoms with van der Waals surface area (Å²) in [5.41, 5.74) is 6.14. The molecule has 1 atom stereocenters. The van der Waals surface area contributed by atoms with Gasteiger partial charge in [0.2, 0.25) is 0 Å². The fourth-order valence-electron chi connectivity index (χ4n) is 4.47. The van der Waals surface area contributed by atoms with Crippen molar-refractivity contribution in [2.75, 3.05) is 13.2 Å². The number of hydrogen-bond donors (Lipinski definition) is 0. The highest BCUT2D eigenvalue weighted by Gasteiger charge is 2.10. The van der Waals surface area contributed by atoms with E-state index in [-0.39, 0.29) is 6.10 Å². The lowest BCUT2D eigenvalue weighted by atomic mass is 9.94. The van der Waals surface area contributed by atoms with Crippen molar-refractivity contribution in [3.63, 3.8) is 0 Å². The number of hydrogen-bond acceptors (Lipinski definition) is 2. The third kappa shape index (κ3) is 8.85. The summed E-state index contributed by atoms with van der Waals surface area (Å²) in [5.74, 6) is 0.958. The summed E-state index contributed by atoms with van der Waals surface area (Å²) in [6.07, 6.45) is 11.7. The molecule has 2 nitrogen and oxygen atoms in total. The van der Waals surface area contributed by atoms with E-state index < -0.39 is 0 Å². The van der Waals surface area contributed by atoms with E-state index in [1.807, 2.05) is 0 Å². The maximum Gasteiger partial charge on any atom is 0.119 e. The summed E-state index contributed by atoms with van der Waals surface area (Å²) in [6, 6.07) is 26.0. The van der Waals surface area contributed by atoms with Crippen molar-refractivity contribution in [1.29, 1.82) is 0 Å². The van der Waals surface area contributed by atoms with Crippen LogP contribution >= 0.6 is 0 Å². The number of ether oxygens (including phenoxy) is 2. The van der Waals surface area contributed by atoms with Crippen LogP contribution in [0.25, 0.3) is 22.3 Å². The molecule has 0 heterocycles. The van der Waals surface area contributed by atoms with Crippen molar-refractivity contribution in [3.8, 4) is 28.0 Å². The van der Waals surface area contributed by atoms with Gasteiger partial charge in [0.05, 0.1) is 12.7 Å². The Hall–Kier alpha value is -2.58. The highest BCUT2D eigenvalue weighted by molar-refractivity contribution is 5.83. The summed E-state index contributed by atoms with van der Waals surface area (Å²) in [5, 5.41) is 0. The third-order valence-corrected chi connectivity index (χ3v) is 6.62. The smallest absolute Gasteiger partial charge is 0.119 e. The van der Waals surface area contributed by atoms with Gasteiger partial charge in [0.15, 0.2) is 0 Å². The van der Waals surface area contributed by atoms with Crippen molar-refractivity contribution in [2.24, 2.45) is 0 Å². The van der Waals surface area contributed by atoms with Crippen LogP contribution in [0.5, 0.6) is 5.75 Å². The Bertz CT molecular complexity index is 959. The molecule has 0 bridgehead atoms. The third-order valence-electron chi connectivity index (χ3n) is 6.62. The van der Waals surface area contributed by atoms with Crippen LogP contribution in [0.15, 0.2) is 72.8 Å². The fourth-order valence-corrected chi connectivity index (χ4v) is 4.47. The molecule has 1 unspecified atom stereocenters. The van der Waals surface area contributed by atoms with Crippen LogP contribution < -0.4 is 4.74 Å². The molecule has 35 heavy (non-hydrogen) atoms. The molecule has 188 valence electrons. The SMILES string of the molecule is CCCCCCCCCCOc1ccc(-c2ccccc2-c2ccc(C(C)OCCC)cc2)cc1. The van der Waals surface area contributed by atoms with Crippen LogP contribution in [0.1, 0.15) is 90.2 Å². The molecule has 0 saturated heterocycles. The molecular weight excluding hydrogens is 428 g/mol. The summed E-state index contributed by atoms with van der Waals surface area (Å²) in [7, 11) is 0. The van der Waals surface area contributed by atoms with Gasteiger partial charge in [0.25, 0.3) is 0 Å². The monoisotopic (exact) mass is 472 g/mol. The topological polar surface area (TPSA) is 18.5 Å². The summed E-state index contributed by atoms with van der Waals surface area (Å²) in [4.78, 5) is 0. The quantitative estimate of drug-likeness (QED) is 0.193. The van der Waals surface area contributed by atoms with Crippen molar-refractivity contribution < 1.29 is 9.47 Å². The second kappa shape index (κ2) is 15.4. The molecule has 3 aromatic rings. The van der Waals surface area contributed by atoms with E-state index in [4.69, 9.17) is 9.47 Å². The highest BCUT2D eigenvalue weighted by atomic mass is 16.5. The van der Waals surface area contributed by atoms with Gasteiger partial charge in [-0.1, -0.05) is 119 Å². The van der Waals surface area contributed by atoms with E-state index in [0.717, 1.165) is 31.8 Å². The molecule has 0 aliphatic carbocycles. The van der Waals surface area contributed by atoms with Gasteiger partial charge >= 0.3 is 0 Å². The zero-order valence-corrected chi connectivity index (χ0v) is 22.1. The molecule has 0 saturated carbocycles. The predicted octanol–water partition coefficient (Wildman–Crippen LogP) is 10.0. The predicted molar refractivity (Wildman–Crippen MR) is 150 cm³/mol. The molecule has 0 aromatic heterocycles. The molecule has 0 spiro atoms. The average Bonchev–Trinajstić information content (AvgIpc) is 2.91. The maximum absolute atomic E-state index is 6.01. The van der Waals surface area contributed by atoms with Gasteiger partial charge in [0.1, 0.15) is 5.75 Å². The van der Waals surface area contributed by atoms with Crippen molar-refractivity contribution in [1.82, 2.24) is 0 Å². The summed E-state index contributed by atoms with van der Waals surface area (Å²) in [6.45, 7) is 8.13. The highest BCUT2D eigenvalue weighted by Crippen LogP contribution is 2.33. The number of rotatable bonds is 16. The van der Waals surface area contributed by atoms with Gasteiger partial charge < -0.3 is 9.47 Å². The van der Waals surface area contributed by atoms with Gasteiger partial charge in [-0.05, 0) is 59.7 Å². The minimum absolute atomic E-state index is 0.123. The molecular formula is C33H44O2. The first-order valence-electron chi connectivity index (χ1n) is 13.8. The molecule has 0 aliphatic heterocycles. The lowest BCUT2D eigenvalue weighted by Crippen LogP contribution is -2.00. The minimum atomic E-state index is 0.123. The first-order valence-corrected chi connectivity index (χ1v) is 13.8. The van der Waals surface area contributed by atoms with Crippen molar-refractivity contribution in [3.05, 3.63) is 78.4 Å². The first-order chi connectivity index (χ1) is 17.2. The Morgan fingerprint density at radius 2 is 1.11 bits per heavy atom. The zero-order chi connectivity index (χ0) is 24.7. The molecule has 2 heteroatoms. The van der Waals surface area contributed by atoms with Crippen LogP contribution in [0.3, 0.4) is 0 Å². The first kappa shape index (κ1) is 27.0. The maximum atomic E-state index is 6.01. The van der Waals surface area contributed by atoms with E-state index in [1.165, 1.54) is 72.8 Å². The van der Waals surface area contributed by atoms with Gasteiger partial charge in [-0.2, -0.15) is 0 Å². The second-order valence-corrected chi connectivity index (χ2v) is 9.53. The Morgan fingerprint density at radius 3 is 1.69 bits per heavy atom. The Labute approximate surface area is 213 Å². The molecule has 0 aliphatic rings.